The molecular formula is C23H21N5O3S. The predicted molar refractivity (Wildman–Crippen MR) is 122 cm³/mol. The summed E-state index contributed by atoms with van der Waals surface area (Å²) < 4.78 is 27.2. The van der Waals surface area contributed by atoms with E-state index in [1.165, 1.54) is 0 Å². The Kier molecular flexibility index (Phi) is 5.10. The van der Waals surface area contributed by atoms with Crippen molar-refractivity contribution in [3.8, 4) is 0 Å². The van der Waals surface area contributed by atoms with Crippen LogP contribution in [0.1, 0.15) is 17.4 Å². The molecule has 2 N–H and O–H groups in total. The second-order valence-corrected chi connectivity index (χ2v) is 9.46. The highest BCUT2D eigenvalue weighted by Crippen LogP contribution is 2.22. The third-order valence-corrected chi connectivity index (χ3v) is 6.58. The van der Waals surface area contributed by atoms with Crippen LogP contribution in [0.15, 0.2) is 82.9 Å². The maximum Gasteiger partial charge on any atom is 0.256 e. The zero-order chi connectivity index (χ0) is 22.1. The Morgan fingerprint density at radius 1 is 1.09 bits per heavy atom. The number of imidazole rings is 1. The van der Waals surface area contributed by atoms with Crippen LogP contribution in [0.2, 0.25) is 0 Å². The summed E-state index contributed by atoms with van der Waals surface area (Å²) in [6.07, 6.45) is 5.35. The lowest BCUT2D eigenvalue weighted by atomic mass is 10.0. The number of rotatable bonds is 5. The van der Waals surface area contributed by atoms with Gasteiger partial charge < -0.3 is 15.2 Å². The van der Waals surface area contributed by atoms with E-state index in [2.05, 4.69) is 19.7 Å². The van der Waals surface area contributed by atoms with Crippen LogP contribution in [0.25, 0.3) is 11.0 Å². The topological polar surface area (TPSA) is 108 Å². The van der Waals surface area contributed by atoms with Gasteiger partial charge in [-0.25, -0.2) is 13.4 Å². The summed E-state index contributed by atoms with van der Waals surface area (Å²) in [4.78, 5) is 22.8. The minimum Gasteiger partial charge on any atom is -0.342 e. The molecule has 8 nitrogen and oxygen atoms in total. The minimum atomic E-state index is -3.44. The van der Waals surface area contributed by atoms with Gasteiger partial charge in [-0.2, -0.15) is 0 Å². The van der Waals surface area contributed by atoms with Crippen LogP contribution in [-0.2, 0) is 21.2 Å². The first-order valence-electron chi connectivity index (χ1n) is 10.3. The molecule has 0 aliphatic carbocycles. The number of sulfonamides is 1. The fraction of sp³-hybridized carbons (Fsp3) is 0.174. The number of carbonyl (C=O) groups is 1. The number of nitrogens with zero attached hydrogens (tertiary/aromatic N) is 3. The van der Waals surface area contributed by atoms with Crippen LogP contribution in [0, 0.1) is 0 Å². The monoisotopic (exact) mass is 447 g/mol. The molecule has 0 spiro atoms. The van der Waals surface area contributed by atoms with Gasteiger partial charge in [0.05, 0.1) is 28.4 Å². The van der Waals surface area contributed by atoms with Crippen molar-refractivity contribution in [3.05, 3.63) is 89.9 Å². The van der Waals surface area contributed by atoms with E-state index in [1.807, 2.05) is 54.6 Å². The van der Waals surface area contributed by atoms with Gasteiger partial charge in [0.15, 0.2) is 0 Å². The fourth-order valence-corrected chi connectivity index (χ4v) is 4.75. The number of carbonyl (C=O) groups excluding carboxylic acids is 1. The van der Waals surface area contributed by atoms with E-state index < -0.39 is 10.0 Å². The number of aromatic nitrogens is 2. The van der Waals surface area contributed by atoms with Crippen molar-refractivity contribution in [2.45, 2.75) is 12.5 Å². The third-order valence-electron chi connectivity index (χ3n) is 5.41. The second kappa shape index (κ2) is 8.08. The van der Waals surface area contributed by atoms with E-state index in [0.29, 0.717) is 23.7 Å². The van der Waals surface area contributed by atoms with Gasteiger partial charge in [-0.3, -0.25) is 4.79 Å². The summed E-state index contributed by atoms with van der Waals surface area (Å²) in [7, 11) is -3.44. The molecule has 0 saturated heterocycles. The van der Waals surface area contributed by atoms with E-state index in [4.69, 9.17) is 0 Å². The Bertz CT molecular complexity index is 1340. The van der Waals surface area contributed by atoms with Gasteiger partial charge in [-0.1, -0.05) is 42.5 Å². The summed E-state index contributed by atoms with van der Waals surface area (Å²) in [6, 6.07) is 17.3. The van der Waals surface area contributed by atoms with Crippen LogP contribution in [0.5, 0.6) is 0 Å². The Morgan fingerprint density at radius 2 is 1.88 bits per heavy atom. The number of fused-ring (bicyclic) bond motifs is 2. The van der Waals surface area contributed by atoms with Crippen molar-refractivity contribution in [3.63, 3.8) is 0 Å². The molecular weight excluding hydrogens is 426 g/mol. The quantitative estimate of drug-likeness (QED) is 0.625. The molecule has 5 rings (SSSR count). The second-order valence-electron chi connectivity index (χ2n) is 7.70. The molecule has 0 unspecified atom stereocenters. The van der Waals surface area contributed by atoms with E-state index in [-0.39, 0.29) is 24.2 Å². The highest BCUT2D eigenvalue weighted by molar-refractivity contribution is 7.90. The first-order valence-corrected chi connectivity index (χ1v) is 11.9. The molecule has 9 heteroatoms. The standard InChI is InChI=1S/C23H21N5O3S/c29-23(17-10-11-21-27-32(30,31)13-12-28(21)15-17)26-20(14-16-6-2-1-3-7-16)22-24-18-8-4-5-9-19(18)25-22/h1-11,15,20H,12-14H2,(H,24,25)(H,26,29)/t20-/m0/s1. The van der Waals surface area contributed by atoms with E-state index in [1.54, 1.807) is 23.3 Å². The van der Waals surface area contributed by atoms with Crippen LogP contribution < -0.4 is 5.32 Å². The Balaban J connectivity index is 1.42. The number of amides is 1. The summed E-state index contributed by atoms with van der Waals surface area (Å²) in [5.74, 6) is 0.655. The maximum absolute atomic E-state index is 13.1. The summed E-state index contributed by atoms with van der Waals surface area (Å²) in [5.41, 5.74) is 3.24. The van der Waals surface area contributed by atoms with E-state index in [9.17, 15) is 13.2 Å². The van der Waals surface area contributed by atoms with Crippen LogP contribution >= 0.6 is 0 Å². The number of hydrogen-bond acceptors (Lipinski definition) is 5. The van der Waals surface area contributed by atoms with Gasteiger partial charge >= 0.3 is 0 Å². The number of nitrogens with one attached hydrogen (secondary N) is 2. The largest absolute Gasteiger partial charge is 0.342 e. The van der Waals surface area contributed by atoms with Crippen molar-refractivity contribution in [2.24, 2.45) is 4.40 Å². The van der Waals surface area contributed by atoms with Crippen molar-refractivity contribution >= 4 is 32.8 Å². The summed E-state index contributed by atoms with van der Waals surface area (Å²) in [6.45, 7) is 0.263. The molecule has 3 heterocycles. The zero-order valence-electron chi connectivity index (χ0n) is 17.1. The summed E-state index contributed by atoms with van der Waals surface area (Å²) in [5, 5.41) is 3.09. The molecule has 1 aromatic heterocycles. The van der Waals surface area contributed by atoms with Crippen LogP contribution in [0.4, 0.5) is 0 Å². The minimum absolute atomic E-state index is 0.0780. The highest BCUT2D eigenvalue weighted by atomic mass is 32.2. The summed E-state index contributed by atoms with van der Waals surface area (Å²) >= 11 is 0. The molecule has 32 heavy (non-hydrogen) atoms. The number of aromatic amines is 1. The lowest BCUT2D eigenvalue weighted by Crippen LogP contribution is -2.38. The molecule has 0 bridgehead atoms. The molecule has 0 saturated carbocycles. The van der Waals surface area contributed by atoms with Crippen molar-refractivity contribution in [2.75, 3.05) is 12.3 Å². The molecule has 0 fully saturated rings. The normalized spacial score (nSPS) is 17.9. The van der Waals surface area contributed by atoms with Gasteiger partial charge in [-0.15, -0.1) is 4.40 Å². The molecule has 2 aliphatic rings. The van der Waals surface area contributed by atoms with Gasteiger partial charge in [0.25, 0.3) is 15.9 Å². The Hall–Kier alpha value is -3.72. The van der Waals surface area contributed by atoms with Gasteiger partial charge in [0, 0.05) is 12.7 Å². The van der Waals surface area contributed by atoms with Crippen molar-refractivity contribution in [1.82, 2.24) is 20.2 Å². The number of para-hydroxylation sites is 2. The molecule has 0 radical (unpaired) electrons. The Labute approximate surface area is 185 Å². The first-order chi connectivity index (χ1) is 15.5. The van der Waals surface area contributed by atoms with Gasteiger partial charge in [0.2, 0.25) is 0 Å². The van der Waals surface area contributed by atoms with Crippen LogP contribution in [0.3, 0.4) is 0 Å². The third kappa shape index (κ3) is 4.19. The Morgan fingerprint density at radius 3 is 2.69 bits per heavy atom. The fourth-order valence-electron chi connectivity index (χ4n) is 3.78. The van der Waals surface area contributed by atoms with E-state index >= 15 is 0 Å². The SMILES string of the molecule is O=C(N[C@@H](Cc1ccccc1)c1nc2ccccc2[nH]1)C1=CN2CCS(=O)(=O)N=C2C=C1. The molecule has 3 aromatic rings. The smallest absolute Gasteiger partial charge is 0.256 e. The predicted octanol–water partition coefficient (Wildman–Crippen LogP) is 2.46. The molecule has 2 aromatic carbocycles. The van der Waals surface area contributed by atoms with Crippen molar-refractivity contribution < 1.29 is 13.2 Å². The number of hydrogen-bond donors (Lipinski definition) is 2. The van der Waals surface area contributed by atoms with Gasteiger partial charge in [0.1, 0.15) is 11.7 Å². The zero-order valence-corrected chi connectivity index (χ0v) is 17.9. The lowest BCUT2D eigenvalue weighted by molar-refractivity contribution is -0.118. The number of benzene rings is 2. The van der Waals surface area contributed by atoms with Crippen molar-refractivity contribution in [1.29, 1.82) is 0 Å². The lowest BCUT2D eigenvalue weighted by Gasteiger charge is -2.27. The first kappa shape index (κ1) is 20.2. The maximum atomic E-state index is 13.1. The number of amidine groups is 1. The van der Waals surface area contributed by atoms with Gasteiger partial charge in [-0.05, 0) is 36.3 Å². The number of H-pyrrole nitrogens is 1. The molecule has 162 valence electrons. The molecule has 1 atom stereocenters. The highest BCUT2D eigenvalue weighted by Gasteiger charge is 2.26. The van der Waals surface area contributed by atoms with E-state index in [0.717, 1.165) is 16.6 Å². The average Bonchev–Trinajstić information content (AvgIpc) is 3.23. The molecule has 1 amide bonds. The van der Waals surface area contributed by atoms with Crippen LogP contribution in [-0.4, -0.2) is 47.3 Å². The molecule has 2 aliphatic heterocycles. The average molecular weight is 448 g/mol.